The van der Waals surface area contributed by atoms with Crippen LogP contribution in [0.2, 0.25) is 0 Å². The first-order valence-corrected chi connectivity index (χ1v) is 10.3. The predicted molar refractivity (Wildman–Crippen MR) is 102 cm³/mol. The van der Waals surface area contributed by atoms with Gasteiger partial charge in [0.05, 0.1) is 0 Å². The maximum absolute atomic E-state index is 2.33. The third kappa shape index (κ3) is 11.3. The van der Waals surface area contributed by atoms with Gasteiger partial charge in [0, 0.05) is 18.6 Å². The van der Waals surface area contributed by atoms with E-state index in [0.29, 0.717) is 0 Å². The first-order chi connectivity index (χ1) is 11.4. The molecule has 1 heteroatoms. The average molecular weight is 319 g/mol. The average Bonchev–Trinajstić information content (AvgIpc) is 2.58. The zero-order chi connectivity index (χ0) is 16.6. The van der Waals surface area contributed by atoms with E-state index < -0.39 is 0 Å². The van der Waals surface area contributed by atoms with Gasteiger partial charge in [0.1, 0.15) is 6.54 Å². The third-order valence-electron chi connectivity index (χ3n) is 4.80. The molecule has 0 saturated carbocycles. The highest BCUT2D eigenvalue weighted by Crippen LogP contribution is 2.12. The Hall–Kier alpha value is -0.850. The van der Waals surface area contributed by atoms with E-state index >= 15 is 0 Å². The van der Waals surface area contributed by atoms with Gasteiger partial charge in [0.25, 0.3) is 0 Å². The van der Waals surface area contributed by atoms with Crippen LogP contribution >= 0.6 is 0 Å². The van der Waals surface area contributed by atoms with E-state index in [-0.39, 0.29) is 0 Å². The zero-order valence-corrected chi connectivity index (χ0v) is 15.9. The van der Waals surface area contributed by atoms with Gasteiger partial charge >= 0.3 is 0 Å². The number of aromatic nitrogens is 1. The van der Waals surface area contributed by atoms with Gasteiger partial charge < -0.3 is 0 Å². The molecule has 0 unspecified atom stereocenters. The van der Waals surface area contributed by atoms with Crippen LogP contribution in [0.5, 0.6) is 0 Å². The molecular weight excluding hydrogens is 278 g/mol. The second-order valence-corrected chi connectivity index (χ2v) is 7.08. The lowest BCUT2D eigenvalue weighted by molar-refractivity contribution is -0.697. The Morgan fingerprint density at radius 2 is 1.09 bits per heavy atom. The Bertz CT molecular complexity index is 355. The van der Waals surface area contributed by atoms with Crippen molar-refractivity contribution in [3.05, 3.63) is 30.1 Å². The summed E-state index contributed by atoms with van der Waals surface area (Å²) in [5, 5.41) is 0. The topological polar surface area (TPSA) is 3.88 Å². The van der Waals surface area contributed by atoms with E-state index in [1.165, 1.54) is 102 Å². The maximum Gasteiger partial charge on any atom is 0.169 e. The number of unbranched alkanes of at least 4 members (excludes halogenated alkanes) is 11. The summed E-state index contributed by atoms with van der Waals surface area (Å²) in [6, 6.07) is 4.64. The third-order valence-corrected chi connectivity index (χ3v) is 4.80. The van der Waals surface area contributed by atoms with Crippen molar-refractivity contribution in [3.63, 3.8) is 0 Å². The van der Waals surface area contributed by atoms with Crippen LogP contribution in [0, 0.1) is 0 Å². The molecule has 23 heavy (non-hydrogen) atoms. The van der Waals surface area contributed by atoms with Crippen molar-refractivity contribution in [2.75, 3.05) is 0 Å². The van der Waals surface area contributed by atoms with Crippen molar-refractivity contribution in [2.24, 2.45) is 0 Å². The first-order valence-electron chi connectivity index (χ1n) is 10.3. The van der Waals surface area contributed by atoms with Gasteiger partial charge in [-0.3, -0.25) is 0 Å². The molecule has 0 aliphatic heterocycles. The maximum atomic E-state index is 2.33. The number of nitrogens with zero attached hydrogens (tertiary/aromatic N) is 1. The number of aryl methyl sites for hydroxylation is 2. The van der Waals surface area contributed by atoms with Crippen LogP contribution in [0.4, 0.5) is 0 Å². The van der Waals surface area contributed by atoms with Crippen LogP contribution < -0.4 is 4.57 Å². The minimum Gasteiger partial charge on any atom is -0.205 e. The van der Waals surface area contributed by atoms with E-state index in [4.69, 9.17) is 0 Å². The molecular formula is C22H40N+. The van der Waals surface area contributed by atoms with E-state index in [9.17, 15) is 0 Å². The Labute approximate surface area is 145 Å². The summed E-state index contributed by atoms with van der Waals surface area (Å²) in [5.74, 6) is 0. The van der Waals surface area contributed by atoms with Gasteiger partial charge in [-0.2, -0.15) is 0 Å². The molecule has 0 aliphatic carbocycles. The Morgan fingerprint density at radius 1 is 0.609 bits per heavy atom. The summed E-state index contributed by atoms with van der Waals surface area (Å²) >= 11 is 0. The van der Waals surface area contributed by atoms with E-state index in [0.717, 1.165) is 0 Å². The monoisotopic (exact) mass is 318 g/mol. The molecule has 0 aliphatic rings. The minimum atomic E-state index is 1.17. The lowest BCUT2D eigenvalue weighted by atomic mass is 10.0. The normalized spacial score (nSPS) is 11.0. The molecule has 132 valence electrons. The van der Waals surface area contributed by atoms with Crippen molar-refractivity contribution in [3.8, 4) is 0 Å². The summed E-state index contributed by atoms with van der Waals surface area (Å²) in [4.78, 5) is 0. The second kappa shape index (κ2) is 14.7. The molecule has 0 aromatic carbocycles. The SMILES string of the molecule is CCCCCCCCCCCCc1cc[n+](CCCCC)cc1. The second-order valence-electron chi connectivity index (χ2n) is 7.08. The van der Waals surface area contributed by atoms with Crippen molar-refractivity contribution in [1.29, 1.82) is 0 Å². The zero-order valence-electron chi connectivity index (χ0n) is 15.9. The minimum absolute atomic E-state index is 1.17. The van der Waals surface area contributed by atoms with Crippen molar-refractivity contribution in [2.45, 2.75) is 110 Å². The van der Waals surface area contributed by atoms with Crippen molar-refractivity contribution < 1.29 is 4.57 Å². The number of pyridine rings is 1. The molecule has 0 atom stereocenters. The molecule has 0 amide bonds. The fourth-order valence-corrected chi connectivity index (χ4v) is 3.16. The fraction of sp³-hybridized carbons (Fsp3) is 0.773. The van der Waals surface area contributed by atoms with E-state index in [2.05, 4.69) is 42.9 Å². The quantitative estimate of drug-likeness (QED) is 0.252. The van der Waals surface area contributed by atoms with E-state index in [1.807, 2.05) is 0 Å². The van der Waals surface area contributed by atoms with Crippen LogP contribution in [0.25, 0.3) is 0 Å². The van der Waals surface area contributed by atoms with Gasteiger partial charge in [0.15, 0.2) is 12.4 Å². The van der Waals surface area contributed by atoms with Crippen molar-refractivity contribution in [1.82, 2.24) is 0 Å². The van der Waals surface area contributed by atoms with Gasteiger partial charge in [-0.25, -0.2) is 4.57 Å². The first kappa shape index (κ1) is 20.2. The number of hydrogen-bond donors (Lipinski definition) is 0. The molecule has 0 bridgehead atoms. The summed E-state index contributed by atoms with van der Waals surface area (Å²) in [7, 11) is 0. The molecule has 1 heterocycles. The van der Waals surface area contributed by atoms with Gasteiger partial charge in [-0.05, 0) is 24.8 Å². The van der Waals surface area contributed by atoms with Crippen LogP contribution in [0.15, 0.2) is 24.5 Å². The number of hydrogen-bond acceptors (Lipinski definition) is 0. The van der Waals surface area contributed by atoms with Gasteiger partial charge in [-0.15, -0.1) is 0 Å². The van der Waals surface area contributed by atoms with E-state index in [1.54, 1.807) is 0 Å². The lowest BCUT2D eigenvalue weighted by Gasteiger charge is -2.03. The molecule has 1 aromatic rings. The molecule has 0 spiro atoms. The van der Waals surface area contributed by atoms with Gasteiger partial charge in [0.2, 0.25) is 0 Å². The summed E-state index contributed by atoms with van der Waals surface area (Å²) in [6.45, 7) is 5.73. The molecule has 1 rings (SSSR count). The van der Waals surface area contributed by atoms with Crippen LogP contribution in [-0.4, -0.2) is 0 Å². The van der Waals surface area contributed by atoms with Crippen LogP contribution in [0.3, 0.4) is 0 Å². The predicted octanol–water partition coefficient (Wildman–Crippen LogP) is 6.63. The fourth-order valence-electron chi connectivity index (χ4n) is 3.16. The van der Waals surface area contributed by atoms with Gasteiger partial charge in [-0.1, -0.05) is 78.1 Å². The van der Waals surface area contributed by atoms with Crippen LogP contribution in [0.1, 0.15) is 103 Å². The molecule has 0 radical (unpaired) electrons. The largest absolute Gasteiger partial charge is 0.205 e. The Balaban J connectivity index is 1.97. The number of rotatable bonds is 15. The standard InChI is InChI=1S/C22H40N/c1-3-5-7-8-9-10-11-12-13-14-16-22-17-20-23(21-18-22)19-15-6-4-2/h17-18,20-21H,3-16,19H2,1-2H3/q+1. The smallest absolute Gasteiger partial charge is 0.169 e. The Morgan fingerprint density at radius 3 is 1.65 bits per heavy atom. The molecule has 0 N–H and O–H groups in total. The lowest BCUT2D eigenvalue weighted by Crippen LogP contribution is -2.32. The molecule has 1 nitrogen and oxygen atoms in total. The highest BCUT2D eigenvalue weighted by molar-refractivity contribution is 5.07. The highest BCUT2D eigenvalue weighted by Gasteiger charge is 2.01. The van der Waals surface area contributed by atoms with Crippen LogP contribution in [-0.2, 0) is 13.0 Å². The van der Waals surface area contributed by atoms with Crippen molar-refractivity contribution >= 4 is 0 Å². The molecule has 0 fully saturated rings. The Kier molecular flexibility index (Phi) is 12.9. The summed E-state index contributed by atoms with van der Waals surface area (Å²) < 4.78 is 2.33. The molecule has 1 aromatic heterocycles. The highest BCUT2D eigenvalue weighted by atomic mass is 14.9. The summed E-state index contributed by atoms with van der Waals surface area (Å²) in [6.07, 6.45) is 24.0. The summed E-state index contributed by atoms with van der Waals surface area (Å²) in [5.41, 5.74) is 1.51. The molecule has 0 saturated heterocycles.